The fraction of sp³-hybridized carbons (Fsp3) is 0.364. The van der Waals surface area contributed by atoms with E-state index in [2.05, 4.69) is 10.3 Å². The molecule has 0 aliphatic heterocycles. The number of pyridine rings is 1. The van der Waals surface area contributed by atoms with E-state index in [0.29, 0.717) is 0 Å². The summed E-state index contributed by atoms with van der Waals surface area (Å²) in [5.41, 5.74) is 3.05. The molecule has 0 aromatic carbocycles. The van der Waals surface area contributed by atoms with Gasteiger partial charge in [0, 0.05) is 19.2 Å². The number of fused-ring (bicyclic) bond motifs is 1. The van der Waals surface area contributed by atoms with Gasteiger partial charge in [0.25, 0.3) is 0 Å². The van der Waals surface area contributed by atoms with Crippen molar-refractivity contribution < 1.29 is 0 Å². The van der Waals surface area contributed by atoms with E-state index in [1.165, 1.54) is 5.56 Å². The van der Waals surface area contributed by atoms with E-state index in [4.69, 9.17) is 11.6 Å². The van der Waals surface area contributed by atoms with Gasteiger partial charge in [-0.3, -0.25) is 4.40 Å². The van der Waals surface area contributed by atoms with Crippen LogP contribution in [0.3, 0.4) is 0 Å². The predicted octanol–water partition coefficient (Wildman–Crippen LogP) is 2.06. The van der Waals surface area contributed by atoms with E-state index in [1.54, 1.807) is 0 Å². The van der Waals surface area contributed by atoms with Crippen LogP contribution in [0, 0.1) is 6.92 Å². The average molecular weight is 224 g/mol. The standard InChI is InChI=1S/C11H14ClN3/c1-8-3-4-10-14-9(5-6-13-2)11(12)15(10)7-8/h3-4,7,13H,5-6H2,1-2H3. The molecule has 0 spiro atoms. The summed E-state index contributed by atoms with van der Waals surface area (Å²) in [7, 11) is 1.92. The molecular formula is C11H14ClN3. The monoisotopic (exact) mass is 223 g/mol. The molecule has 2 aromatic rings. The maximum atomic E-state index is 6.24. The molecule has 0 saturated heterocycles. The summed E-state index contributed by atoms with van der Waals surface area (Å²) in [5, 5.41) is 3.82. The smallest absolute Gasteiger partial charge is 0.138 e. The van der Waals surface area contributed by atoms with Crippen molar-refractivity contribution in [3.63, 3.8) is 0 Å². The third kappa shape index (κ3) is 1.98. The molecule has 3 nitrogen and oxygen atoms in total. The molecule has 0 unspecified atom stereocenters. The Morgan fingerprint density at radius 1 is 1.47 bits per heavy atom. The summed E-state index contributed by atoms with van der Waals surface area (Å²) >= 11 is 6.24. The molecule has 2 rings (SSSR count). The zero-order valence-corrected chi connectivity index (χ0v) is 9.67. The van der Waals surface area contributed by atoms with Crippen molar-refractivity contribution in [3.8, 4) is 0 Å². The second-order valence-corrected chi connectivity index (χ2v) is 4.00. The Labute approximate surface area is 94.1 Å². The number of likely N-dealkylation sites (N-methyl/N-ethyl adjacent to an activating group) is 1. The zero-order valence-electron chi connectivity index (χ0n) is 8.92. The molecule has 80 valence electrons. The number of hydrogen-bond acceptors (Lipinski definition) is 2. The number of halogens is 1. The molecule has 0 fully saturated rings. The molecule has 0 aliphatic carbocycles. The maximum absolute atomic E-state index is 6.24. The van der Waals surface area contributed by atoms with E-state index in [0.717, 1.165) is 29.5 Å². The molecule has 0 saturated carbocycles. The molecule has 0 amide bonds. The lowest BCUT2D eigenvalue weighted by atomic mass is 10.3. The van der Waals surface area contributed by atoms with Crippen LogP contribution in [-0.4, -0.2) is 23.0 Å². The van der Waals surface area contributed by atoms with Crippen molar-refractivity contribution in [2.45, 2.75) is 13.3 Å². The Morgan fingerprint density at radius 2 is 2.27 bits per heavy atom. The predicted molar refractivity (Wildman–Crippen MR) is 62.6 cm³/mol. The second-order valence-electron chi connectivity index (χ2n) is 3.64. The summed E-state index contributed by atoms with van der Waals surface area (Å²) in [5.74, 6) is 0. The van der Waals surface area contributed by atoms with Crippen LogP contribution in [-0.2, 0) is 6.42 Å². The van der Waals surface area contributed by atoms with Gasteiger partial charge in [-0.15, -0.1) is 0 Å². The van der Waals surface area contributed by atoms with Crippen LogP contribution in [0.5, 0.6) is 0 Å². The van der Waals surface area contributed by atoms with Crippen molar-refractivity contribution in [2.24, 2.45) is 0 Å². The van der Waals surface area contributed by atoms with Gasteiger partial charge in [0.05, 0.1) is 5.69 Å². The normalized spacial score (nSPS) is 11.1. The number of aromatic nitrogens is 2. The van der Waals surface area contributed by atoms with Gasteiger partial charge in [0.2, 0.25) is 0 Å². The van der Waals surface area contributed by atoms with E-state index in [9.17, 15) is 0 Å². The number of rotatable bonds is 3. The quantitative estimate of drug-likeness (QED) is 0.863. The summed E-state index contributed by atoms with van der Waals surface area (Å²) in [6.45, 7) is 2.94. The summed E-state index contributed by atoms with van der Waals surface area (Å²) in [6, 6.07) is 4.03. The van der Waals surface area contributed by atoms with Gasteiger partial charge in [-0.2, -0.15) is 0 Å². The molecule has 2 heterocycles. The highest BCUT2D eigenvalue weighted by Crippen LogP contribution is 2.19. The molecule has 2 aromatic heterocycles. The summed E-state index contributed by atoms with van der Waals surface area (Å²) < 4.78 is 1.93. The van der Waals surface area contributed by atoms with Crippen molar-refractivity contribution in [3.05, 3.63) is 34.7 Å². The van der Waals surface area contributed by atoms with Crippen LogP contribution in [0.25, 0.3) is 5.65 Å². The highest BCUT2D eigenvalue weighted by Gasteiger charge is 2.08. The van der Waals surface area contributed by atoms with Crippen LogP contribution in [0.2, 0.25) is 5.15 Å². The number of aryl methyl sites for hydroxylation is 1. The lowest BCUT2D eigenvalue weighted by molar-refractivity contribution is 0.780. The van der Waals surface area contributed by atoms with Crippen LogP contribution in [0.4, 0.5) is 0 Å². The Hall–Kier alpha value is -1.06. The highest BCUT2D eigenvalue weighted by atomic mass is 35.5. The van der Waals surface area contributed by atoms with Crippen LogP contribution < -0.4 is 5.32 Å². The van der Waals surface area contributed by atoms with E-state index in [-0.39, 0.29) is 0 Å². The van der Waals surface area contributed by atoms with Gasteiger partial charge in [0.1, 0.15) is 10.8 Å². The Morgan fingerprint density at radius 3 is 3.00 bits per heavy atom. The fourth-order valence-corrected chi connectivity index (χ4v) is 1.85. The average Bonchev–Trinajstić information content (AvgIpc) is 2.53. The largest absolute Gasteiger partial charge is 0.319 e. The lowest BCUT2D eigenvalue weighted by Gasteiger charge is -1.97. The first kappa shape index (κ1) is 10.5. The first-order chi connectivity index (χ1) is 7.22. The highest BCUT2D eigenvalue weighted by molar-refractivity contribution is 6.30. The molecule has 4 heteroatoms. The van der Waals surface area contributed by atoms with Crippen molar-refractivity contribution >= 4 is 17.2 Å². The molecule has 0 atom stereocenters. The minimum Gasteiger partial charge on any atom is -0.319 e. The fourth-order valence-electron chi connectivity index (χ4n) is 1.57. The van der Waals surface area contributed by atoms with Gasteiger partial charge >= 0.3 is 0 Å². The zero-order chi connectivity index (χ0) is 10.8. The van der Waals surface area contributed by atoms with Crippen LogP contribution in [0.15, 0.2) is 18.3 Å². The maximum Gasteiger partial charge on any atom is 0.138 e. The summed E-state index contributed by atoms with van der Waals surface area (Å²) in [4.78, 5) is 4.48. The van der Waals surface area contributed by atoms with Crippen molar-refractivity contribution in [1.29, 1.82) is 0 Å². The van der Waals surface area contributed by atoms with Gasteiger partial charge in [-0.1, -0.05) is 17.7 Å². The first-order valence-corrected chi connectivity index (χ1v) is 5.38. The third-order valence-corrected chi connectivity index (χ3v) is 2.79. The minimum absolute atomic E-state index is 0.726. The van der Waals surface area contributed by atoms with Crippen LogP contribution >= 0.6 is 11.6 Å². The Bertz CT molecular complexity index is 476. The van der Waals surface area contributed by atoms with Crippen molar-refractivity contribution in [2.75, 3.05) is 13.6 Å². The molecule has 0 radical (unpaired) electrons. The van der Waals surface area contributed by atoms with E-state index < -0.39 is 0 Å². The van der Waals surface area contributed by atoms with Gasteiger partial charge in [-0.25, -0.2) is 4.98 Å². The Balaban J connectivity index is 2.45. The van der Waals surface area contributed by atoms with Gasteiger partial charge in [0.15, 0.2) is 0 Å². The minimum atomic E-state index is 0.726. The molecular weight excluding hydrogens is 210 g/mol. The van der Waals surface area contributed by atoms with Gasteiger partial charge < -0.3 is 5.32 Å². The lowest BCUT2D eigenvalue weighted by Crippen LogP contribution is -2.10. The molecule has 0 aliphatic rings. The van der Waals surface area contributed by atoms with Gasteiger partial charge in [-0.05, 0) is 25.6 Å². The third-order valence-electron chi connectivity index (χ3n) is 2.39. The van der Waals surface area contributed by atoms with E-state index in [1.807, 2.05) is 36.7 Å². The number of nitrogens with zero attached hydrogens (tertiary/aromatic N) is 2. The topological polar surface area (TPSA) is 29.3 Å². The SMILES string of the molecule is CNCCc1nc2ccc(C)cn2c1Cl. The number of nitrogens with one attached hydrogen (secondary N) is 1. The summed E-state index contributed by atoms with van der Waals surface area (Å²) in [6.07, 6.45) is 2.86. The first-order valence-electron chi connectivity index (χ1n) is 5.00. The molecule has 1 N–H and O–H groups in total. The number of imidazole rings is 1. The second kappa shape index (κ2) is 4.21. The number of hydrogen-bond donors (Lipinski definition) is 1. The molecule has 15 heavy (non-hydrogen) atoms. The van der Waals surface area contributed by atoms with Crippen LogP contribution in [0.1, 0.15) is 11.3 Å². The molecule has 0 bridgehead atoms. The van der Waals surface area contributed by atoms with Crippen molar-refractivity contribution in [1.82, 2.24) is 14.7 Å². The van der Waals surface area contributed by atoms with E-state index >= 15 is 0 Å². The Kier molecular flexibility index (Phi) is 2.93.